The first kappa shape index (κ1) is 27.3. The number of nitrogens with two attached hydrogens (primary N) is 1. The number of amides is 1. The fourth-order valence-electron chi connectivity index (χ4n) is 4.53. The number of carbonyl (C=O) groups excluding carboxylic acids is 2. The van der Waals surface area contributed by atoms with Crippen LogP contribution in [-0.2, 0) is 27.3 Å². The van der Waals surface area contributed by atoms with Crippen LogP contribution in [0.4, 0.5) is 11.4 Å². The largest absolute Gasteiger partial charge is 0.494 e. The highest BCUT2D eigenvalue weighted by atomic mass is 16.5. The van der Waals surface area contributed by atoms with Gasteiger partial charge in [-0.2, -0.15) is 0 Å². The van der Waals surface area contributed by atoms with Crippen LogP contribution in [-0.4, -0.2) is 75.1 Å². The Kier molecular flexibility index (Phi) is 9.10. The number of guanidine groups is 1. The lowest BCUT2D eigenvalue weighted by Crippen LogP contribution is -2.42. The second-order valence-corrected chi connectivity index (χ2v) is 10.3. The summed E-state index contributed by atoms with van der Waals surface area (Å²) in [6.07, 6.45) is 4.24. The van der Waals surface area contributed by atoms with E-state index in [1.54, 1.807) is 4.90 Å². The molecule has 1 amide bonds. The third-order valence-corrected chi connectivity index (χ3v) is 6.86. The van der Waals surface area contributed by atoms with Crippen molar-refractivity contribution in [1.29, 1.82) is 0 Å². The van der Waals surface area contributed by atoms with Crippen molar-refractivity contribution in [2.75, 3.05) is 52.3 Å². The molecule has 9 heteroatoms. The summed E-state index contributed by atoms with van der Waals surface area (Å²) in [5, 5.41) is 0. The monoisotopic (exact) mass is 521 g/mol. The molecule has 0 bridgehead atoms. The smallest absolute Gasteiger partial charge is 0.325 e. The second kappa shape index (κ2) is 12.7. The number of hydrogen-bond acceptors (Lipinski definition) is 8. The standard InChI is InChI=1S/C29H39N5O4/c1-32(2)26-8-5-4-7-22(26)14-16-38-28(36)20-34-19-23-17-24(12-13-25(23)31-29(34)30)37-15-6-9-27(35)33(3)18-21-10-11-21/h4-5,7-8,12-13,17,21H,6,9-11,14-16,18-20H2,1-3H3,(H2,30,31). The Balaban J connectivity index is 1.22. The molecular formula is C29H39N5O4. The molecule has 2 aromatic carbocycles. The SMILES string of the molecule is CN(CC1CC1)C(=O)CCCOc1ccc2c(c1)CN(CC(=O)OCCc1ccccc1N(C)C)C(N)=N2. The van der Waals surface area contributed by atoms with Gasteiger partial charge in [-0.25, -0.2) is 4.99 Å². The van der Waals surface area contributed by atoms with Crippen molar-refractivity contribution >= 4 is 29.2 Å². The molecule has 38 heavy (non-hydrogen) atoms. The normalized spacial score (nSPS) is 14.4. The first-order valence-electron chi connectivity index (χ1n) is 13.3. The molecule has 1 aliphatic heterocycles. The Morgan fingerprint density at radius 2 is 1.89 bits per heavy atom. The highest BCUT2D eigenvalue weighted by molar-refractivity contribution is 5.87. The molecule has 0 atom stereocenters. The van der Waals surface area contributed by atoms with Gasteiger partial charge in [0, 0.05) is 58.3 Å². The van der Waals surface area contributed by atoms with Gasteiger partial charge in [0.05, 0.1) is 18.9 Å². The number of carbonyl (C=O) groups is 2. The maximum Gasteiger partial charge on any atom is 0.325 e. The third kappa shape index (κ3) is 7.63. The van der Waals surface area contributed by atoms with Crippen LogP contribution in [0.2, 0.25) is 0 Å². The number of nitrogens with zero attached hydrogens (tertiary/aromatic N) is 4. The van der Waals surface area contributed by atoms with E-state index in [0.717, 1.165) is 29.0 Å². The van der Waals surface area contributed by atoms with Crippen molar-refractivity contribution in [3.8, 4) is 5.75 Å². The zero-order valence-corrected chi connectivity index (χ0v) is 22.7. The highest BCUT2D eigenvalue weighted by Crippen LogP contribution is 2.30. The molecular weight excluding hydrogens is 482 g/mol. The first-order chi connectivity index (χ1) is 18.3. The molecule has 1 heterocycles. The summed E-state index contributed by atoms with van der Waals surface area (Å²) < 4.78 is 11.4. The van der Waals surface area contributed by atoms with Crippen molar-refractivity contribution in [1.82, 2.24) is 9.80 Å². The highest BCUT2D eigenvalue weighted by Gasteiger charge is 2.25. The lowest BCUT2D eigenvalue weighted by molar-refractivity contribution is -0.144. The fourth-order valence-corrected chi connectivity index (χ4v) is 4.53. The van der Waals surface area contributed by atoms with E-state index in [1.807, 2.05) is 73.4 Å². The number of ether oxygens (including phenoxy) is 2. The minimum Gasteiger partial charge on any atom is -0.494 e. The zero-order chi connectivity index (χ0) is 27.1. The Hall–Kier alpha value is -3.75. The number of anilines is 1. The Morgan fingerprint density at radius 1 is 1.11 bits per heavy atom. The van der Waals surface area contributed by atoms with Crippen LogP contribution in [0.5, 0.6) is 5.75 Å². The fraction of sp³-hybridized carbons (Fsp3) is 0.483. The molecule has 0 spiro atoms. The van der Waals surface area contributed by atoms with E-state index < -0.39 is 0 Å². The molecule has 0 unspecified atom stereocenters. The van der Waals surface area contributed by atoms with Crippen LogP contribution in [0, 0.1) is 5.92 Å². The van der Waals surface area contributed by atoms with Gasteiger partial charge in [-0.15, -0.1) is 0 Å². The molecule has 9 nitrogen and oxygen atoms in total. The number of benzene rings is 2. The topological polar surface area (TPSA) is 101 Å². The molecule has 0 radical (unpaired) electrons. The van der Waals surface area contributed by atoms with E-state index in [9.17, 15) is 9.59 Å². The molecule has 1 fully saturated rings. The summed E-state index contributed by atoms with van der Waals surface area (Å²) in [5.41, 5.74) is 10.0. The minimum absolute atomic E-state index is 0.0195. The summed E-state index contributed by atoms with van der Waals surface area (Å²) in [6.45, 7) is 2.07. The maximum absolute atomic E-state index is 12.5. The molecule has 2 aliphatic rings. The van der Waals surface area contributed by atoms with E-state index in [-0.39, 0.29) is 24.4 Å². The van der Waals surface area contributed by atoms with E-state index in [2.05, 4.69) is 4.99 Å². The molecule has 0 aromatic heterocycles. The van der Waals surface area contributed by atoms with E-state index >= 15 is 0 Å². The average Bonchev–Trinajstić information content (AvgIpc) is 3.71. The number of fused-ring (bicyclic) bond motifs is 1. The molecule has 204 valence electrons. The summed E-state index contributed by atoms with van der Waals surface area (Å²) in [7, 11) is 5.87. The van der Waals surface area contributed by atoms with Crippen molar-refractivity contribution in [2.45, 2.75) is 38.6 Å². The quantitative estimate of drug-likeness (QED) is 0.319. The zero-order valence-electron chi connectivity index (χ0n) is 22.7. The van der Waals surface area contributed by atoms with Gasteiger partial charge in [0.25, 0.3) is 0 Å². The Morgan fingerprint density at radius 3 is 2.66 bits per heavy atom. The predicted molar refractivity (Wildman–Crippen MR) is 149 cm³/mol. The van der Waals surface area contributed by atoms with Gasteiger partial charge in [0.2, 0.25) is 5.91 Å². The number of esters is 1. The predicted octanol–water partition coefficient (Wildman–Crippen LogP) is 3.33. The lowest BCUT2D eigenvalue weighted by atomic mass is 10.1. The van der Waals surface area contributed by atoms with Gasteiger partial charge in [-0.1, -0.05) is 18.2 Å². The van der Waals surface area contributed by atoms with Gasteiger partial charge in [0.1, 0.15) is 12.3 Å². The van der Waals surface area contributed by atoms with Gasteiger partial charge in [-0.3, -0.25) is 9.59 Å². The van der Waals surface area contributed by atoms with Crippen molar-refractivity contribution < 1.29 is 19.1 Å². The number of hydrogen-bond donors (Lipinski definition) is 1. The molecule has 0 saturated heterocycles. The van der Waals surface area contributed by atoms with Gasteiger partial charge in [-0.05, 0) is 55.0 Å². The van der Waals surface area contributed by atoms with E-state index in [0.29, 0.717) is 50.7 Å². The Bertz CT molecular complexity index is 1160. The number of rotatable bonds is 13. The van der Waals surface area contributed by atoms with Crippen LogP contribution < -0.4 is 15.4 Å². The first-order valence-corrected chi connectivity index (χ1v) is 13.3. The van der Waals surface area contributed by atoms with Crippen LogP contribution >= 0.6 is 0 Å². The van der Waals surface area contributed by atoms with Crippen molar-refractivity contribution in [3.63, 3.8) is 0 Å². The molecule has 2 N–H and O–H groups in total. The third-order valence-electron chi connectivity index (χ3n) is 6.86. The van der Waals surface area contributed by atoms with E-state index in [1.165, 1.54) is 12.8 Å². The second-order valence-electron chi connectivity index (χ2n) is 10.3. The number of para-hydroxylation sites is 1. The van der Waals surface area contributed by atoms with Crippen LogP contribution in [0.3, 0.4) is 0 Å². The average molecular weight is 522 g/mol. The van der Waals surface area contributed by atoms with Gasteiger partial charge < -0.3 is 29.9 Å². The lowest BCUT2D eigenvalue weighted by Gasteiger charge is -2.27. The van der Waals surface area contributed by atoms with Gasteiger partial charge >= 0.3 is 5.97 Å². The molecule has 1 saturated carbocycles. The summed E-state index contributed by atoms with van der Waals surface area (Å²) in [4.78, 5) is 34.8. The summed E-state index contributed by atoms with van der Waals surface area (Å²) >= 11 is 0. The van der Waals surface area contributed by atoms with Crippen LogP contribution in [0.1, 0.15) is 36.8 Å². The van der Waals surface area contributed by atoms with Crippen LogP contribution in [0.15, 0.2) is 47.5 Å². The Labute approximate surface area is 225 Å². The van der Waals surface area contributed by atoms with Crippen molar-refractivity contribution in [3.05, 3.63) is 53.6 Å². The van der Waals surface area contributed by atoms with Crippen molar-refractivity contribution in [2.24, 2.45) is 16.6 Å². The molecule has 2 aromatic rings. The summed E-state index contributed by atoms with van der Waals surface area (Å²) in [5.74, 6) is 1.51. The maximum atomic E-state index is 12.5. The van der Waals surface area contributed by atoms with Gasteiger partial charge in [0.15, 0.2) is 5.96 Å². The number of aliphatic imine (C=N–C) groups is 1. The van der Waals surface area contributed by atoms with Crippen LogP contribution in [0.25, 0.3) is 0 Å². The molecule has 4 rings (SSSR count). The summed E-state index contributed by atoms with van der Waals surface area (Å²) in [6, 6.07) is 13.7. The minimum atomic E-state index is -0.349. The van der Waals surface area contributed by atoms with E-state index in [4.69, 9.17) is 15.2 Å². The molecule has 1 aliphatic carbocycles.